The predicted molar refractivity (Wildman–Crippen MR) is 100 cm³/mol. The highest BCUT2D eigenvalue weighted by Crippen LogP contribution is 2.26. The smallest absolute Gasteiger partial charge is 0.249 e. The third kappa shape index (κ3) is 3.52. The lowest BCUT2D eigenvalue weighted by molar-refractivity contribution is -0.180. The van der Waals surface area contributed by atoms with Crippen molar-refractivity contribution in [2.75, 3.05) is 11.9 Å². The summed E-state index contributed by atoms with van der Waals surface area (Å²) >= 11 is 0. The third-order valence-electron chi connectivity index (χ3n) is 4.73. The van der Waals surface area contributed by atoms with E-state index in [0.29, 0.717) is 11.2 Å². The largest absolute Gasteiger partial charge is 0.394 e. The zero-order valence-corrected chi connectivity index (χ0v) is 14.7. The second kappa shape index (κ2) is 7.59. The number of pyridine rings is 1. The lowest BCUT2D eigenvalue weighted by Crippen LogP contribution is -2.60. The monoisotopic (exact) mass is 360 g/mol. The van der Waals surface area contributed by atoms with Gasteiger partial charge in [-0.05, 0) is 31.5 Å². The Morgan fingerprint density at radius 3 is 2.73 bits per heavy atom. The average molecular weight is 360 g/mol. The molecule has 3 rings (SSSR count). The van der Waals surface area contributed by atoms with Gasteiger partial charge in [-0.2, -0.15) is 0 Å². The van der Waals surface area contributed by atoms with E-state index in [1.165, 1.54) is 0 Å². The number of rotatable bonds is 4. The Bertz CT molecular complexity index is 863. The van der Waals surface area contributed by atoms with E-state index in [1.54, 1.807) is 19.1 Å². The van der Waals surface area contributed by atoms with Crippen molar-refractivity contribution in [2.45, 2.75) is 44.3 Å². The Kier molecular flexibility index (Phi) is 5.43. The number of aromatic amines is 1. The number of hydrogen-bond donors (Lipinski definition) is 5. The fourth-order valence-electron chi connectivity index (χ4n) is 3.39. The molecule has 1 aromatic carbocycles. The maximum Gasteiger partial charge on any atom is 0.249 e. The number of anilines is 1. The Hall–Kier alpha value is -2.19. The van der Waals surface area contributed by atoms with Crippen molar-refractivity contribution in [1.82, 2.24) is 4.98 Å². The summed E-state index contributed by atoms with van der Waals surface area (Å²) in [6.07, 6.45) is 0.229. The molecule has 1 saturated heterocycles. The molecule has 1 fully saturated rings. The van der Waals surface area contributed by atoms with Crippen LogP contribution in [-0.4, -0.2) is 57.4 Å². The lowest BCUT2D eigenvalue weighted by Gasteiger charge is -2.41. The van der Waals surface area contributed by atoms with Crippen LogP contribution in [-0.2, 0) is 4.74 Å². The summed E-state index contributed by atoms with van der Waals surface area (Å²) in [5.41, 5.74) is 1.98. The summed E-state index contributed by atoms with van der Waals surface area (Å²) in [6, 6.07) is 6.50. The van der Waals surface area contributed by atoms with Gasteiger partial charge in [0.25, 0.3) is 0 Å². The second-order valence-electron chi connectivity index (χ2n) is 6.56. The summed E-state index contributed by atoms with van der Waals surface area (Å²) in [7, 11) is 0. The van der Waals surface area contributed by atoms with Crippen LogP contribution >= 0.6 is 0 Å². The van der Waals surface area contributed by atoms with E-state index in [9.17, 15) is 20.1 Å². The number of hydrogen-bond acceptors (Lipinski definition) is 6. The molecule has 0 radical (unpaired) electrons. The number of aliphatic hydroxyl groups excluding tert-OH is 3. The van der Waals surface area contributed by atoms with E-state index in [-0.39, 0.29) is 12.2 Å². The second-order valence-corrected chi connectivity index (χ2v) is 6.56. The summed E-state index contributed by atoms with van der Waals surface area (Å²) in [4.78, 5) is 14.7. The quantitative estimate of drug-likeness (QED) is 0.552. The standard InChI is InChI=1S/C19H24N2O5/c1-3-4-11-7-16(23)21-14-8-12(5-6-13(11)14)20-17-10(2)26-15(9-22)18(24)19(17)25/h3-8,10,15,17-20,22,24-25H,9H2,1-2H3,(H,21,23)/b4-3+. The van der Waals surface area contributed by atoms with Gasteiger partial charge in [0, 0.05) is 17.1 Å². The van der Waals surface area contributed by atoms with Gasteiger partial charge in [-0.15, -0.1) is 0 Å². The number of fused-ring (bicyclic) bond motifs is 1. The van der Waals surface area contributed by atoms with Crippen LogP contribution in [0.15, 0.2) is 35.1 Å². The first-order chi connectivity index (χ1) is 12.4. The number of nitrogens with one attached hydrogen (secondary N) is 2. The normalized spacial score (nSPS) is 29.3. The van der Waals surface area contributed by atoms with Crippen LogP contribution in [0.3, 0.4) is 0 Å². The minimum Gasteiger partial charge on any atom is -0.394 e. The summed E-state index contributed by atoms with van der Waals surface area (Å²) in [5.74, 6) is 0. The molecule has 0 amide bonds. The van der Waals surface area contributed by atoms with Crippen LogP contribution in [0.1, 0.15) is 19.4 Å². The maximum atomic E-state index is 11.9. The van der Waals surface area contributed by atoms with Crippen molar-refractivity contribution < 1.29 is 20.1 Å². The van der Waals surface area contributed by atoms with Crippen LogP contribution in [0.5, 0.6) is 0 Å². The van der Waals surface area contributed by atoms with Crippen molar-refractivity contribution >= 4 is 22.7 Å². The first kappa shape index (κ1) is 18.6. The van der Waals surface area contributed by atoms with E-state index in [0.717, 1.165) is 10.9 Å². The molecule has 5 atom stereocenters. The third-order valence-corrected chi connectivity index (χ3v) is 4.73. The van der Waals surface area contributed by atoms with Crippen LogP contribution in [0, 0.1) is 0 Å². The Balaban J connectivity index is 1.90. The first-order valence-electron chi connectivity index (χ1n) is 8.63. The maximum absolute atomic E-state index is 11.9. The molecule has 5 N–H and O–H groups in total. The van der Waals surface area contributed by atoms with Crippen LogP contribution in [0.4, 0.5) is 5.69 Å². The van der Waals surface area contributed by atoms with Crippen LogP contribution in [0.2, 0.25) is 0 Å². The molecule has 0 saturated carbocycles. The number of H-pyrrole nitrogens is 1. The molecule has 1 aliphatic rings. The summed E-state index contributed by atoms with van der Waals surface area (Å²) < 4.78 is 5.57. The van der Waals surface area contributed by atoms with E-state index in [4.69, 9.17) is 4.74 Å². The molecule has 1 aromatic heterocycles. The minimum absolute atomic E-state index is 0.196. The predicted octanol–water partition coefficient (Wildman–Crippen LogP) is 0.843. The van der Waals surface area contributed by atoms with Gasteiger partial charge in [-0.1, -0.05) is 18.2 Å². The molecular weight excluding hydrogens is 336 g/mol. The highest BCUT2D eigenvalue weighted by Gasteiger charge is 2.42. The average Bonchev–Trinajstić information content (AvgIpc) is 2.61. The van der Waals surface area contributed by atoms with E-state index >= 15 is 0 Å². The van der Waals surface area contributed by atoms with Crippen molar-refractivity contribution in [3.63, 3.8) is 0 Å². The fraction of sp³-hybridized carbons (Fsp3) is 0.421. The van der Waals surface area contributed by atoms with Gasteiger partial charge < -0.3 is 30.4 Å². The molecule has 26 heavy (non-hydrogen) atoms. The van der Waals surface area contributed by atoms with Gasteiger partial charge in [-0.25, -0.2) is 0 Å². The Morgan fingerprint density at radius 1 is 1.27 bits per heavy atom. The van der Waals surface area contributed by atoms with E-state index in [2.05, 4.69) is 10.3 Å². The zero-order chi connectivity index (χ0) is 18.8. The highest BCUT2D eigenvalue weighted by atomic mass is 16.5. The topological polar surface area (TPSA) is 115 Å². The van der Waals surface area contributed by atoms with Gasteiger partial charge in [-0.3, -0.25) is 4.79 Å². The van der Waals surface area contributed by atoms with Crippen molar-refractivity contribution in [3.8, 4) is 0 Å². The SMILES string of the molecule is C/C=C/c1cc(=O)[nH]c2cc(NC3C(C)OC(CO)C(O)C3O)ccc12. The van der Waals surface area contributed by atoms with Gasteiger partial charge in [0.05, 0.1) is 24.3 Å². The molecule has 1 aliphatic heterocycles. The number of ether oxygens (including phenoxy) is 1. The van der Waals surface area contributed by atoms with E-state index in [1.807, 2.05) is 31.2 Å². The number of aliphatic hydroxyl groups is 3. The number of benzene rings is 1. The summed E-state index contributed by atoms with van der Waals surface area (Å²) in [6.45, 7) is 3.29. The van der Waals surface area contributed by atoms with E-state index < -0.39 is 30.5 Å². The van der Waals surface area contributed by atoms with Gasteiger partial charge in [0.15, 0.2) is 0 Å². The van der Waals surface area contributed by atoms with Crippen molar-refractivity contribution in [1.29, 1.82) is 0 Å². The zero-order valence-electron chi connectivity index (χ0n) is 14.7. The molecule has 140 valence electrons. The molecule has 2 heterocycles. The fourth-order valence-corrected chi connectivity index (χ4v) is 3.39. The van der Waals surface area contributed by atoms with Crippen LogP contribution < -0.4 is 10.9 Å². The molecule has 7 nitrogen and oxygen atoms in total. The van der Waals surface area contributed by atoms with Crippen molar-refractivity contribution in [3.05, 3.63) is 46.3 Å². The van der Waals surface area contributed by atoms with Gasteiger partial charge in [0.2, 0.25) is 5.56 Å². The van der Waals surface area contributed by atoms with Gasteiger partial charge in [0.1, 0.15) is 18.3 Å². The lowest BCUT2D eigenvalue weighted by atomic mass is 9.93. The first-order valence-corrected chi connectivity index (χ1v) is 8.63. The van der Waals surface area contributed by atoms with Crippen molar-refractivity contribution in [2.24, 2.45) is 0 Å². The molecule has 5 unspecified atom stereocenters. The van der Waals surface area contributed by atoms with Crippen LogP contribution in [0.25, 0.3) is 17.0 Å². The molecule has 0 aliphatic carbocycles. The minimum atomic E-state index is -1.18. The summed E-state index contributed by atoms with van der Waals surface area (Å²) in [5, 5.41) is 33.7. The highest BCUT2D eigenvalue weighted by molar-refractivity contribution is 5.89. The number of allylic oxidation sites excluding steroid dienone is 1. The Labute approximate surface area is 150 Å². The molecular formula is C19H24N2O5. The van der Waals surface area contributed by atoms with Gasteiger partial charge >= 0.3 is 0 Å². The molecule has 0 bridgehead atoms. The molecule has 2 aromatic rings. The molecule has 7 heteroatoms. The number of aromatic nitrogens is 1. The molecule has 0 spiro atoms. The Morgan fingerprint density at radius 2 is 2.04 bits per heavy atom.